The highest BCUT2D eigenvalue weighted by atomic mass is 79.9. The molecule has 114 valence electrons. The first-order valence-electron chi connectivity index (χ1n) is 7.08. The molecule has 1 aliphatic rings. The van der Waals surface area contributed by atoms with Gasteiger partial charge in [0.05, 0.1) is 0 Å². The number of piperazine rings is 1. The maximum Gasteiger partial charge on any atom is 0.246 e. The predicted octanol–water partition coefficient (Wildman–Crippen LogP) is 2.25. The van der Waals surface area contributed by atoms with Crippen LogP contribution in [0.4, 0.5) is 0 Å². The third-order valence-electron chi connectivity index (χ3n) is 3.78. The van der Waals surface area contributed by atoms with Crippen LogP contribution in [-0.2, 0) is 16.1 Å². The van der Waals surface area contributed by atoms with E-state index in [1.54, 1.807) is 31.1 Å². The molecule has 0 aromatic carbocycles. The van der Waals surface area contributed by atoms with Gasteiger partial charge in [-0.25, -0.2) is 0 Å². The fraction of sp³-hybridized carbons (Fsp3) is 0.533. The minimum atomic E-state index is -0.857. The second-order valence-corrected chi connectivity index (χ2v) is 6.73. The summed E-state index contributed by atoms with van der Waals surface area (Å²) in [5.74, 6) is -0.134. The molecule has 2 rings (SSSR count). The Kier molecular flexibility index (Phi) is 4.66. The van der Waals surface area contributed by atoms with Gasteiger partial charge >= 0.3 is 0 Å². The van der Waals surface area contributed by atoms with Crippen LogP contribution in [0.3, 0.4) is 0 Å². The molecule has 1 N–H and O–H groups in total. The van der Waals surface area contributed by atoms with Crippen molar-refractivity contribution in [3.8, 4) is 0 Å². The van der Waals surface area contributed by atoms with E-state index in [1.807, 2.05) is 13.0 Å². The average Bonchev–Trinajstić information content (AvgIpc) is 2.42. The third kappa shape index (κ3) is 3.26. The summed E-state index contributed by atoms with van der Waals surface area (Å²) in [4.78, 5) is 30.7. The van der Waals surface area contributed by atoms with E-state index >= 15 is 0 Å². The lowest BCUT2D eigenvalue weighted by Crippen LogP contribution is -2.67. The van der Waals surface area contributed by atoms with Crippen molar-refractivity contribution in [2.75, 3.05) is 0 Å². The summed E-state index contributed by atoms with van der Waals surface area (Å²) in [5, 5.41) is 2.83. The number of pyridine rings is 1. The number of nitrogens with zero attached hydrogens (tertiary/aromatic N) is 2. The highest BCUT2D eigenvalue weighted by Crippen LogP contribution is 2.25. The van der Waals surface area contributed by atoms with Gasteiger partial charge in [-0.05, 0) is 47.8 Å². The van der Waals surface area contributed by atoms with Gasteiger partial charge in [0.1, 0.15) is 11.6 Å². The van der Waals surface area contributed by atoms with Gasteiger partial charge in [0, 0.05) is 23.4 Å². The maximum atomic E-state index is 12.6. The molecule has 1 aromatic heterocycles. The van der Waals surface area contributed by atoms with Crippen LogP contribution in [0.5, 0.6) is 0 Å². The summed E-state index contributed by atoms with van der Waals surface area (Å²) in [7, 11) is 0. The minimum Gasteiger partial charge on any atom is -0.342 e. The molecule has 0 saturated carbocycles. The number of nitrogens with one attached hydrogen (secondary N) is 1. The Labute approximate surface area is 133 Å². The van der Waals surface area contributed by atoms with Gasteiger partial charge in [-0.1, -0.05) is 13.3 Å². The van der Waals surface area contributed by atoms with Gasteiger partial charge in [0.2, 0.25) is 11.8 Å². The van der Waals surface area contributed by atoms with Crippen LogP contribution >= 0.6 is 15.9 Å². The van der Waals surface area contributed by atoms with E-state index in [0.717, 1.165) is 16.5 Å². The summed E-state index contributed by atoms with van der Waals surface area (Å²) in [6.45, 7) is 5.93. The SMILES string of the molecule is CCCC1NC(=O)C(C)(C)N(Cc2cncc(Br)c2)C1=O. The summed E-state index contributed by atoms with van der Waals surface area (Å²) >= 11 is 3.37. The molecule has 6 heteroatoms. The van der Waals surface area contributed by atoms with Crippen LogP contribution in [0.15, 0.2) is 22.9 Å². The number of halogens is 1. The highest BCUT2D eigenvalue weighted by Gasteiger charge is 2.45. The first kappa shape index (κ1) is 15.9. The van der Waals surface area contributed by atoms with Crippen molar-refractivity contribution in [3.63, 3.8) is 0 Å². The predicted molar refractivity (Wildman–Crippen MR) is 83.4 cm³/mol. The quantitative estimate of drug-likeness (QED) is 0.902. The summed E-state index contributed by atoms with van der Waals surface area (Å²) < 4.78 is 0.858. The van der Waals surface area contributed by atoms with Crippen LogP contribution in [0, 0.1) is 0 Å². The Morgan fingerprint density at radius 3 is 2.71 bits per heavy atom. The monoisotopic (exact) mass is 353 g/mol. The first-order chi connectivity index (χ1) is 9.86. The number of hydrogen-bond donors (Lipinski definition) is 1. The van der Waals surface area contributed by atoms with Crippen molar-refractivity contribution in [2.24, 2.45) is 0 Å². The molecule has 1 saturated heterocycles. The van der Waals surface area contributed by atoms with Crippen LogP contribution in [-0.4, -0.2) is 33.3 Å². The van der Waals surface area contributed by atoms with E-state index in [2.05, 4.69) is 26.2 Å². The molecule has 0 radical (unpaired) electrons. The van der Waals surface area contributed by atoms with Crippen molar-refractivity contribution in [2.45, 2.75) is 51.7 Å². The molecule has 2 amide bonds. The zero-order valence-corrected chi connectivity index (χ0v) is 14.1. The van der Waals surface area contributed by atoms with E-state index in [0.29, 0.717) is 13.0 Å². The molecular formula is C15H20BrN3O2. The topological polar surface area (TPSA) is 62.3 Å². The lowest BCUT2D eigenvalue weighted by atomic mass is 9.93. The molecule has 1 fully saturated rings. The molecule has 1 aromatic rings. The molecule has 1 aliphatic heterocycles. The van der Waals surface area contributed by atoms with Gasteiger partial charge in [0.25, 0.3) is 0 Å². The standard InChI is InChI=1S/C15H20BrN3O2/c1-4-5-12-13(20)19(15(2,3)14(21)18-12)9-10-6-11(16)8-17-7-10/h6-8,12H,4-5,9H2,1-3H3,(H,18,21). The normalized spacial score (nSPS) is 21.3. The van der Waals surface area contributed by atoms with Crippen molar-refractivity contribution in [1.82, 2.24) is 15.2 Å². The van der Waals surface area contributed by atoms with Crippen LogP contribution < -0.4 is 5.32 Å². The molecular weight excluding hydrogens is 334 g/mol. The van der Waals surface area contributed by atoms with Crippen molar-refractivity contribution >= 4 is 27.7 Å². The number of amides is 2. The molecule has 1 atom stereocenters. The fourth-order valence-electron chi connectivity index (χ4n) is 2.47. The fourth-order valence-corrected chi connectivity index (χ4v) is 2.88. The van der Waals surface area contributed by atoms with E-state index < -0.39 is 11.6 Å². The molecule has 0 aliphatic carbocycles. The van der Waals surface area contributed by atoms with Crippen LogP contribution in [0.1, 0.15) is 39.2 Å². The Morgan fingerprint density at radius 2 is 2.10 bits per heavy atom. The van der Waals surface area contributed by atoms with Gasteiger partial charge < -0.3 is 10.2 Å². The van der Waals surface area contributed by atoms with E-state index in [9.17, 15) is 9.59 Å². The van der Waals surface area contributed by atoms with Gasteiger partial charge in [-0.15, -0.1) is 0 Å². The highest BCUT2D eigenvalue weighted by molar-refractivity contribution is 9.10. The van der Waals surface area contributed by atoms with Crippen molar-refractivity contribution in [3.05, 3.63) is 28.5 Å². The summed E-state index contributed by atoms with van der Waals surface area (Å²) in [6.07, 6.45) is 4.92. The number of rotatable bonds is 4. The Bertz CT molecular complexity index is 560. The number of hydrogen-bond acceptors (Lipinski definition) is 3. The third-order valence-corrected chi connectivity index (χ3v) is 4.21. The number of aromatic nitrogens is 1. The zero-order chi connectivity index (χ0) is 15.6. The second-order valence-electron chi connectivity index (χ2n) is 5.81. The molecule has 2 heterocycles. The van der Waals surface area contributed by atoms with E-state index in [1.165, 1.54) is 0 Å². The molecule has 21 heavy (non-hydrogen) atoms. The first-order valence-corrected chi connectivity index (χ1v) is 7.87. The van der Waals surface area contributed by atoms with E-state index in [4.69, 9.17) is 0 Å². The van der Waals surface area contributed by atoms with Crippen molar-refractivity contribution < 1.29 is 9.59 Å². The molecule has 1 unspecified atom stereocenters. The lowest BCUT2D eigenvalue weighted by Gasteiger charge is -2.44. The van der Waals surface area contributed by atoms with Crippen molar-refractivity contribution in [1.29, 1.82) is 0 Å². The second kappa shape index (κ2) is 6.13. The zero-order valence-electron chi connectivity index (χ0n) is 12.5. The number of carbonyl (C=O) groups excluding carboxylic acids is 2. The van der Waals surface area contributed by atoms with Gasteiger partial charge in [-0.2, -0.15) is 0 Å². The molecule has 5 nitrogen and oxygen atoms in total. The average molecular weight is 354 g/mol. The Balaban J connectivity index is 2.28. The summed E-state index contributed by atoms with van der Waals surface area (Å²) in [6, 6.07) is 1.49. The smallest absolute Gasteiger partial charge is 0.246 e. The molecule has 0 spiro atoms. The Morgan fingerprint density at radius 1 is 1.38 bits per heavy atom. The number of carbonyl (C=O) groups is 2. The largest absolute Gasteiger partial charge is 0.342 e. The maximum absolute atomic E-state index is 12.6. The summed E-state index contributed by atoms with van der Waals surface area (Å²) in [5.41, 5.74) is 0.0413. The van der Waals surface area contributed by atoms with Crippen LogP contribution in [0.2, 0.25) is 0 Å². The molecule has 0 bridgehead atoms. The Hall–Kier alpha value is -1.43. The van der Waals surface area contributed by atoms with Gasteiger partial charge in [-0.3, -0.25) is 14.6 Å². The van der Waals surface area contributed by atoms with Gasteiger partial charge in [0.15, 0.2) is 0 Å². The van der Waals surface area contributed by atoms with E-state index in [-0.39, 0.29) is 11.8 Å². The lowest BCUT2D eigenvalue weighted by molar-refractivity contribution is -0.156. The van der Waals surface area contributed by atoms with Crippen LogP contribution in [0.25, 0.3) is 0 Å². The minimum absolute atomic E-state index is 0.0265.